The maximum Gasteiger partial charge on any atom is 0.0581 e. The molecule has 16 heavy (non-hydrogen) atoms. The first-order chi connectivity index (χ1) is 7.84. The number of ether oxygens (including phenoxy) is 1. The maximum absolute atomic E-state index is 6.20. The molecule has 0 aromatic carbocycles. The van der Waals surface area contributed by atoms with Gasteiger partial charge in [-0.25, -0.2) is 0 Å². The fourth-order valence-electron chi connectivity index (χ4n) is 2.98. The molecule has 2 fully saturated rings. The highest BCUT2D eigenvalue weighted by Crippen LogP contribution is 2.29. The van der Waals surface area contributed by atoms with Crippen molar-refractivity contribution in [1.29, 1.82) is 0 Å². The van der Waals surface area contributed by atoms with Gasteiger partial charge in [0.1, 0.15) is 0 Å². The van der Waals surface area contributed by atoms with Crippen LogP contribution < -0.4 is 0 Å². The van der Waals surface area contributed by atoms with Gasteiger partial charge in [0.25, 0.3) is 0 Å². The average Bonchev–Trinajstić information content (AvgIpc) is 2.33. The Hall–Kier alpha value is -0.0400. The molecule has 0 aromatic heterocycles. The molecule has 0 bridgehead atoms. The van der Waals surface area contributed by atoms with Crippen molar-refractivity contribution in [2.45, 2.75) is 90.8 Å². The van der Waals surface area contributed by atoms with Gasteiger partial charge in [-0.05, 0) is 31.6 Å². The molecule has 2 aliphatic rings. The molecule has 1 nitrogen and oxygen atoms in total. The number of hydrogen-bond donors (Lipinski definition) is 0. The highest BCUT2D eigenvalue weighted by atomic mass is 16.5. The van der Waals surface area contributed by atoms with Gasteiger partial charge in [0.15, 0.2) is 0 Å². The molecule has 1 heteroatoms. The van der Waals surface area contributed by atoms with Gasteiger partial charge < -0.3 is 4.74 Å². The van der Waals surface area contributed by atoms with E-state index in [1.807, 2.05) is 13.8 Å². The Morgan fingerprint density at radius 2 is 1.38 bits per heavy atom. The molecular formula is C15H30O. The average molecular weight is 226 g/mol. The highest BCUT2D eigenvalue weighted by molar-refractivity contribution is 4.74. The molecule has 0 heterocycles. The van der Waals surface area contributed by atoms with Crippen LogP contribution in [0.1, 0.15) is 78.6 Å². The Balaban J connectivity index is 0.000000606. The second-order valence-corrected chi connectivity index (χ2v) is 5.29. The lowest BCUT2D eigenvalue weighted by molar-refractivity contribution is -0.0528. The van der Waals surface area contributed by atoms with Gasteiger partial charge in [-0.3, -0.25) is 0 Å². The van der Waals surface area contributed by atoms with Crippen LogP contribution in [0.25, 0.3) is 0 Å². The first-order valence-electron chi connectivity index (χ1n) is 7.50. The zero-order valence-electron chi connectivity index (χ0n) is 11.5. The predicted molar refractivity (Wildman–Crippen MR) is 70.7 cm³/mol. The summed E-state index contributed by atoms with van der Waals surface area (Å²) in [5.74, 6) is 0.900. The molecule has 0 N–H and O–H groups in total. The fourth-order valence-corrected chi connectivity index (χ4v) is 2.98. The standard InChI is InChI=1S/C13H24O.C2H6/c1-11-6-5-9-13(10-11)14-12-7-3-2-4-8-12;1-2/h11-13H,2-10H2,1H3;1-2H3. The van der Waals surface area contributed by atoms with E-state index in [4.69, 9.17) is 4.74 Å². The summed E-state index contributed by atoms with van der Waals surface area (Å²) in [5.41, 5.74) is 0. The Labute approximate surface area is 102 Å². The Bertz CT molecular complexity index is 161. The van der Waals surface area contributed by atoms with Crippen LogP contribution in [0.4, 0.5) is 0 Å². The van der Waals surface area contributed by atoms with Crippen LogP contribution in [-0.2, 0) is 4.74 Å². The van der Waals surface area contributed by atoms with E-state index in [2.05, 4.69) is 6.92 Å². The van der Waals surface area contributed by atoms with Crippen molar-refractivity contribution in [3.8, 4) is 0 Å². The monoisotopic (exact) mass is 226 g/mol. The normalized spacial score (nSPS) is 31.7. The van der Waals surface area contributed by atoms with Crippen LogP contribution in [0.3, 0.4) is 0 Å². The molecule has 2 saturated carbocycles. The Morgan fingerprint density at radius 1 is 0.750 bits per heavy atom. The predicted octanol–water partition coefficient (Wildman–Crippen LogP) is 4.94. The smallest absolute Gasteiger partial charge is 0.0581 e. The van der Waals surface area contributed by atoms with Crippen LogP contribution in [-0.4, -0.2) is 12.2 Å². The SMILES string of the molecule is CC.CC1CCCC(OC2CCCCC2)C1. The zero-order valence-corrected chi connectivity index (χ0v) is 11.5. The number of hydrogen-bond acceptors (Lipinski definition) is 1. The molecular weight excluding hydrogens is 196 g/mol. The minimum atomic E-state index is 0.599. The van der Waals surface area contributed by atoms with Gasteiger partial charge in [0, 0.05) is 0 Å². The molecule has 96 valence electrons. The first kappa shape index (κ1) is 14.0. The Kier molecular flexibility index (Phi) is 7.11. The summed E-state index contributed by atoms with van der Waals surface area (Å²) in [6, 6.07) is 0. The molecule has 0 aliphatic heterocycles. The van der Waals surface area contributed by atoms with Gasteiger partial charge in [-0.15, -0.1) is 0 Å². The highest BCUT2D eigenvalue weighted by Gasteiger charge is 2.23. The third-order valence-corrected chi connectivity index (χ3v) is 3.83. The quantitative estimate of drug-likeness (QED) is 0.648. The lowest BCUT2D eigenvalue weighted by atomic mass is 9.88. The summed E-state index contributed by atoms with van der Waals surface area (Å²) < 4.78 is 6.20. The van der Waals surface area contributed by atoms with Crippen molar-refractivity contribution in [1.82, 2.24) is 0 Å². The summed E-state index contributed by atoms with van der Waals surface area (Å²) in [5, 5.41) is 0. The van der Waals surface area contributed by atoms with Crippen molar-refractivity contribution in [3.05, 3.63) is 0 Å². The lowest BCUT2D eigenvalue weighted by Gasteiger charge is -2.32. The molecule has 0 radical (unpaired) electrons. The van der Waals surface area contributed by atoms with Gasteiger partial charge in [0.2, 0.25) is 0 Å². The third kappa shape index (κ3) is 4.86. The van der Waals surface area contributed by atoms with Crippen LogP contribution >= 0.6 is 0 Å². The maximum atomic E-state index is 6.20. The van der Waals surface area contributed by atoms with Crippen molar-refractivity contribution in [3.63, 3.8) is 0 Å². The van der Waals surface area contributed by atoms with Gasteiger partial charge in [-0.1, -0.05) is 52.9 Å². The summed E-state index contributed by atoms with van der Waals surface area (Å²) >= 11 is 0. The largest absolute Gasteiger partial charge is 0.375 e. The summed E-state index contributed by atoms with van der Waals surface area (Å²) in [6.07, 6.45) is 13.5. The van der Waals surface area contributed by atoms with Crippen molar-refractivity contribution < 1.29 is 4.74 Å². The van der Waals surface area contributed by atoms with E-state index in [9.17, 15) is 0 Å². The molecule has 2 atom stereocenters. The van der Waals surface area contributed by atoms with Crippen molar-refractivity contribution in [2.24, 2.45) is 5.92 Å². The Morgan fingerprint density at radius 3 is 2.00 bits per heavy atom. The molecule has 2 unspecified atom stereocenters. The van der Waals surface area contributed by atoms with Gasteiger partial charge in [-0.2, -0.15) is 0 Å². The van der Waals surface area contributed by atoms with E-state index in [-0.39, 0.29) is 0 Å². The molecule has 0 amide bonds. The van der Waals surface area contributed by atoms with Crippen molar-refractivity contribution in [2.75, 3.05) is 0 Å². The topological polar surface area (TPSA) is 9.23 Å². The molecule has 2 aliphatic carbocycles. The second kappa shape index (κ2) is 8.11. The fraction of sp³-hybridized carbons (Fsp3) is 1.00. The van der Waals surface area contributed by atoms with E-state index in [1.165, 1.54) is 57.8 Å². The first-order valence-corrected chi connectivity index (χ1v) is 7.50. The zero-order chi connectivity index (χ0) is 11.8. The van der Waals surface area contributed by atoms with E-state index in [0.29, 0.717) is 12.2 Å². The summed E-state index contributed by atoms with van der Waals surface area (Å²) in [4.78, 5) is 0. The molecule has 0 aromatic rings. The van der Waals surface area contributed by atoms with Crippen LogP contribution in [0.5, 0.6) is 0 Å². The van der Waals surface area contributed by atoms with Crippen LogP contribution in [0.15, 0.2) is 0 Å². The molecule has 2 rings (SSSR count). The minimum Gasteiger partial charge on any atom is -0.375 e. The van der Waals surface area contributed by atoms with Gasteiger partial charge >= 0.3 is 0 Å². The summed E-state index contributed by atoms with van der Waals surface area (Å²) in [6.45, 7) is 6.37. The van der Waals surface area contributed by atoms with E-state index >= 15 is 0 Å². The van der Waals surface area contributed by atoms with Crippen molar-refractivity contribution >= 4 is 0 Å². The van der Waals surface area contributed by atoms with E-state index < -0.39 is 0 Å². The van der Waals surface area contributed by atoms with E-state index in [0.717, 1.165) is 5.92 Å². The van der Waals surface area contributed by atoms with Crippen LogP contribution in [0.2, 0.25) is 0 Å². The van der Waals surface area contributed by atoms with Gasteiger partial charge in [0.05, 0.1) is 12.2 Å². The number of rotatable bonds is 2. The third-order valence-electron chi connectivity index (χ3n) is 3.83. The second-order valence-electron chi connectivity index (χ2n) is 5.29. The van der Waals surface area contributed by atoms with Crippen LogP contribution in [0, 0.1) is 5.92 Å². The summed E-state index contributed by atoms with van der Waals surface area (Å²) in [7, 11) is 0. The lowest BCUT2D eigenvalue weighted by Crippen LogP contribution is -2.28. The molecule has 0 spiro atoms. The molecule has 0 saturated heterocycles. The minimum absolute atomic E-state index is 0.599. The van der Waals surface area contributed by atoms with E-state index in [1.54, 1.807) is 0 Å².